The molecule has 0 saturated heterocycles. The third-order valence-electron chi connectivity index (χ3n) is 2.76. The maximum Gasteiger partial charge on any atom is 0.0723 e. The van der Waals surface area contributed by atoms with E-state index in [1.807, 2.05) is 54.7 Å². The minimum atomic E-state index is 0.985. The van der Waals surface area contributed by atoms with Crippen molar-refractivity contribution in [1.29, 1.82) is 0 Å². The van der Waals surface area contributed by atoms with Crippen molar-refractivity contribution in [2.45, 2.75) is 0 Å². The molecule has 0 amide bonds. The van der Waals surface area contributed by atoms with Gasteiger partial charge in [0.25, 0.3) is 0 Å². The van der Waals surface area contributed by atoms with Crippen molar-refractivity contribution in [3.63, 3.8) is 0 Å². The summed E-state index contributed by atoms with van der Waals surface area (Å²) >= 11 is 3.50. The fourth-order valence-corrected chi connectivity index (χ4v) is 2.27. The number of nitrogens with one attached hydrogen (secondary N) is 1. The molecular weight excluding hydrogens is 288 g/mol. The Balaban J connectivity index is 2.09. The molecule has 0 aliphatic rings. The predicted molar refractivity (Wildman–Crippen MR) is 79.2 cm³/mol. The van der Waals surface area contributed by atoms with E-state index >= 15 is 0 Å². The molecule has 0 aliphatic heterocycles. The van der Waals surface area contributed by atoms with Crippen LogP contribution in [0.2, 0.25) is 0 Å². The number of fused-ring (bicyclic) bond motifs is 1. The maximum atomic E-state index is 4.36. The third-order valence-corrected chi connectivity index (χ3v) is 3.25. The van der Waals surface area contributed by atoms with Gasteiger partial charge in [0.1, 0.15) is 0 Å². The monoisotopic (exact) mass is 298 g/mol. The molecule has 0 unspecified atom stereocenters. The van der Waals surface area contributed by atoms with Gasteiger partial charge in [-0.15, -0.1) is 0 Å². The summed E-state index contributed by atoms with van der Waals surface area (Å²) in [5, 5.41) is 4.52. The average Bonchev–Trinajstić information content (AvgIpc) is 2.41. The van der Waals surface area contributed by atoms with Crippen molar-refractivity contribution in [2.75, 3.05) is 5.32 Å². The highest BCUT2D eigenvalue weighted by Gasteiger charge is 2.02. The number of hydrogen-bond donors (Lipinski definition) is 1. The van der Waals surface area contributed by atoms with E-state index in [0.717, 1.165) is 26.8 Å². The number of halogens is 1. The largest absolute Gasteiger partial charge is 0.355 e. The highest BCUT2D eigenvalue weighted by molar-refractivity contribution is 9.10. The van der Waals surface area contributed by atoms with E-state index in [-0.39, 0.29) is 0 Å². The minimum absolute atomic E-state index is 0.985. The second kappa shape index (κ2) is 4.78. The van der Waals surface area contributed by atoms with Gasteiger partial charge < -0.3 is 5.32 Å². The molecule has 0 atom stereocenters. The van der Waals surface area contributed by atoms with Gasteiger partial charge in [-0.25, -0.2) is 0 Å². The quantitative estimate of drug-likeness (QED) is 0.739. The van der Waals surface area contributed by atoms with Gasteiger partial charge in [-0.3, -0.25) is 4.98 Å². The minimum Gasteiger partial charge on any atom is -0.355 e. The van der Waals surface area contributed by atoms with Crippen molar-refractivity contribution in [3.8, 4) is 0 Å². The van der Waals surface area contributed by atoms with Crippen molar-refractivity contribution in [1.82, 2.24) is 4.98 Å². The van der Waals surface area contributed by atoms with Crippen LogP contribution in [-0.2, 0) is 0 Å². The van der Waals surface area contributed by atoms with E-state index in [4.69, 9.17) is 0 Å². The van der Waals surface area contributed by atoms with Crippen LogP contribution in [0, 0.1) is 0 Å². The Labute approximate surface area is 114 Å². The molecule has 0 aliphatic carbocycles. The SMILES string of the molecule is Brc1ccc2nccc(Nc3ccccc3)c2c1. The number of hydrogen-bond acceptors (Lipinski definition) is 2. The number of anilines is 2. The first-order chi connectivity index (χ1) is 8.83. The number of benzene rings is 2. The average molecular weight is 299 g/mol. The fraction of sp³-hybridized carbons (Fsp3) is 0. The summed E-state index contributed by atoms with van der Waals surface area (Å²) < 4.78 is 1.05. The first-order valence-corrected chi connectivity index (χ1v) is 6.48. The van der Waals surface area contributed by atoms with Crippen molar-refractivity contribution in [2.24, 2.45) is 0 Å². The van der Waals surface area contributed by atoms with Crippen LogP contribution in [0.15, 0.2) is 65.3 Å². The zero-order chi connectivity index (χ0) is 12.4. The number of rotatable bonds is 2. The highest BCUT2D eigenvalue weighted by Crippen LogP contribution is 2.27. The topological polar surface area (TPSA) is 24.9 Å². The Morgan fingerprint density at radius 2 is 1.78 bits per heavy atom. The molecule has 0 fully saturated rings. The zero-order valence-electron chi connectivity index (χ0n) is 9.60. The molecule has 0 saturated carbocycles. The van der Waals surface area contributed by atoms with Gasteiger partial charge in [0, 0.05) is 27.4 Å². The number of para-hydroxylation sites is 1. The first kappa shape index (κ1) is 11.2. The summed E-state index contributed by atoms with van der Waals surface area (Å²) in [4.78, 5) is 4.36. The summed E-state index contributed by atoms with van der Waals surface area (Å²) in [7, 11) is 0. The van der Waals surface area contributed by atoms with Crippen molar-refractivity contribution in [3.05, 3.63) is 65.3 Å². The van der Waals surface area contributed by atoms with E-state index in [0.29, 0.717) is 0 Å². The normalized spacial score (nSPS) is 10.5. The van der Waals surface area contributed by atoms with Crippen molar-refractivity contribution >= 4 is 38.2 Å². The first-order valence-electron chi connectivity index (χ1n) is 5.69. The lowest BCUT2D eigenvalue weighted by atomic mass is 10.2. The summed E-state index contributed by atoms with van der Waals surface area (Å²) in [6.07, 6.45) is 1.82. The van der Waals surface area contributed by atoms with Crippen LogP contribution in [0.4, 0.5) is 11.4 Å². The molecule has 0 spiro atoms. The van der Waals surface area contributed by atoms with Gasteiger partial charge in [-0.05, 0) is 36.4 Å². The molecule has 1 N–H and O–H groups in total. The molecule has 18 heavy (non-hydrogen) atoms. The Hall–Kier alpha value is -1.87. The zero-order valence-corrected chi connectivity index (χ0v) is 11.2. The summed E-state index contributed by atoms with van der Waals surface area (Å²) in [6.45, 7) is 0. The van der Waals surface area contributed by atoms with Gasteiger partial charge in [0.2, 0.25) is 0 Å². The second-order valence-electron chi connectivity index (χ2n) is 4.01. The summed E-state index contributed by atoms with van der Waals surface area (Å²) in [6, 6.07) is 18.2. The van der Waals surface area contributed by atoms with Crippen molar-refractivity contribution < 1.29 is 0 Å². The van der Waals surface area contributed by atoms with Crippen LogP contribution in [0.3, 0.4) is 0 Å². The van der Waals surface area contributed by atoms with Gasteiger partial charge in [-0.2, -0.15) is 0 Å². The van der Waals surface area contributed by atoms with Crippen LogP contribution < -0.4 is 5.32 Å². The lowest BCUT2D eigenvalue weighted by Gasteiger charge is -2.09. The number of pyridine rings is 1. The molecule has 2 nitrogen and oxygen atoms in total. The van der Waals surface area contributed by atoms with E-state index in [9.17, 15) is 0 Å². The Morgan fingerprint density at radius 1 is 0.944 bits per heavy atom. The van der Waals surface area contributed by atoms with E-state index < -0.39 is 0 Å². The van der Waals surface area contributed by atoms with Crippen LogP contribution in [0.1, 0.15) is 0 Å². The lowest BCUT2D eigenvalue weighted by Crippen LogP contribution is -1.92. The van der Waals surface area contributed by atoms with Crippen LogP contribution in [-0.4, -0.2) is 4.98 Å². The highest BCUT2D eigenvalue weighted by atomic mass is 79.9. The molecule has 0 bridgehead atoms. The van der Waals surface area contributed by atoms with E-state index in [2.05, 4.69) is 32.3 Å². The fourth-order valence-electron chi connectivity index (χ4n) is 1.90. The molecule has 0 radical (unpaired) electrons. The molecule has 3 aromatic rings. The second-order valence-corrected chi connectivity index (χ2v) is 4.93. The Kier molecular flexibility index (Phi) is 2.99. The van der Waals surface area contributed by atoms with Crippen LogP contribution in [0.25, 0.3) is 10.9 Å². The smallest absolute Gasteiger partial charge is 0.0723 e. The number of aromatic nitrogens is 1. The summed E-state index contributed by atoms with van der Waals surface area (Å²) in [5.41, 5.74) is 3.12. The molecular formula is C15H11BrN2. The van der Waals surface area contributed by atoms with Gasteiger partial charge in [0.05, 0.1) is 5.52 Å². The molecule has 3 rings (SSSR count). The molecule has 2 aromatic carbocycles. The molecule has 1 heterocycles. The lowest BCUT2D eigenvalue weighted by molar-refractivity contribution is 1.40. The molecule has 1 aromatic heterocycles. The van der Waals surface area contributed by atoms with Crippen LogP contribution >= 0.6 is 15.9 Å². The van der Waals surface area contributed by atoms with E-state index in [1.165, 1.54) is 0 Å². The maximum absolute atomic E-state index is 4.36. The van der Waals surface area contributed by atoms with Gasteiger partial charge >= 0.3 is 0 Å². The number of nitrogens with zero attached hydrogens (tertiary/aromatic N) is 1. The van der Waals surface area contributed by atoms with Crippen LogP contribution in [0.5, 0.6) is 0 Å². The molecule has 88 valence electrons. The van der Waals surface area contributed by atoms with Gasteiger partial charge in [0.15, 0.2) is 0 Å². The predicted octanol–water partition coefficient (Wildman–Crippen LogP) is 4.74. The standard InChI is InChI=1S/C15H11BrN2/c16-11-6-7-14-13(10-11)15(8-9-17-14)18-12-4-2-1-3-5-12/h1-10H,(H,17,18). The molecule has 3 heteroatoms. The summed E-state index contributed by atoms with van der Waals surface area (Å²) in [5.74, 6) is 0. The van der Waals surface area contributed by atoms with Gasteiger partial charge in [-0.1, -0.05) is 34.1 Å². The third kappa shape index (κ3) is 2.22. The Bertz CT molecular complexity index is 680. The Morgan fingerprint density at radius 3 is 2.61 bits per heavy atom. The van der Waals surface area contributed by atoms with E-state index in [1.54, 1.807) is 0 Å².